The monoisotopic (exact) mass is 751 g/mol. The predicted molar refractivity (Wildman–Crippen MR) is 251 cm³/mol. The second-order valence-corrected chi connectivity index (χ2v) is 16.8. The number of fused-ring (bicyclic) bond motifs is 14. The summed E-state index contributed by atoms with van der Waals surface area (Å²) in [6.07, 6.45) is 0. The number of hydrogen-bond acceptors (Lipinski definition) is 1. The van der Waals surface area contributed by atoms with Gasteiger partial charge in [0.05, 0.1) is 22.1 Å². The minimum atomic E-state index is -0.340. The number of anilines is 3. The molecule has 4 heteroatoms. The Kier molecular flexibility index (Phi) is 6.59. The van der Waals surface area contributed by atoms with Crippen LogP contribution in [0.5, 0.6) is 0 Å². The summed E-state index contributed by atoms with van der Waals surface area (Å²) < 4.78 is 5.01. The smallest absolute Gasteiger partial charge is 0.248 e. The lowest BCUT2D eigenvalue weighted by atomic mass is 9.29. The lowest BCUT2D eigenvalue weighted by Crippen LogP contribution is -2.64. The van der Waals surface area contributed by atoms with Crippen LogP contribution in [-0.4, -0.2) is 15.8 Å². The van der Waals surface area contributed by atoms with Gasteiger partial charge in [0.2, 0.25) is 6.71 Å². The highest BCUT2D eigenvalue weighted by molar-refractivity contribution is 7.00. The second kappa shape index (κ2) is 11.9. The average molecular weight is 752 g/mol. The summed E-state index contributed by atoms with van der Waals surface area (Å²) in [6.45, 7) is 4.93. The van der Waals surface area contributed by atoms with Crippen LogP contribution in [0, 0.1) is 0 Å². The van der Waals surface area contributed by atoms with E-state index in [0.29, 0.717) is 0 Å². The zero-order valence-electron chi connectivity index (χ0n) is 32.9. The van der Waals surface area contributed by atoms with E-state index >= 15 is 0 Å². The van der Waals surface area contributed by atoms with Crippen molar-refractivity contribution in [2.75, 3.05) is 4.90 Å². The molecule has 11 aromatic rings. The zero-order chi connectivity index (χ0) is 39.0. The molecule has 276 valence electrons. The normalized spacial score (nSPS) is 14.0. The molecule has 2 aromatic heterocycles. The summed E-state index contributed by atoms with van der Waals surface area (Å²) in [5, 5.41) is 7.78. The van der Waals surface area contributed by atoms with Crippen LogP contribution in [0.3, 0.4) is 0 Å². The molecule has 3 nitrogen and oxygen atoms in total. The number of benzene rings is 9. The van der Waals surface area contributed by atoms with Crippen LogP contribution < -0.4 is 21.3 Å². The van der Waals surface area contributed by atoms with Crippen LogP contribution in [0.25, 0.3) is 65.8 Å². The van der Waals surface area contributed by atoms with E-state index in [1.54, 1.807) is 0 Å². The van der Waals surface area contributed by atoms with Crippen molar-refractivity contribution in [3.63, 3.8) is 0 Å². The quantitative estimate of drug-likeness (QED) is 0.164. The SMILES string of the molecule is CC1(C)c2cccc3c2B(c2cc4c5ccccc5n(-c5ccccc5)c4cc2N3c2ccccc2)c2c1c1c(c3ccccc23)c2ccccc2n1-c1ccccc1. The van der Waals surface area contributed by atoms with Gasteiger partial charge in [-0.25, -0.2) is 0 Å². The second-order valence-electron chi connectivity index (χ2n) is 16.8. The maximum atomic E-state index is 2.56. The lowest BCUT2D eigenvalue weighted by molar-refractivity contribution is 0.650. The van der Waals surface area contributed by atoms with Gasteiger partial charge in [-0.1, -0.05) is 153 Å². The van der Waals surface area contributed by atoms with E-state index < -0.39 is 0 Å². The Morgan fingerprint density at radius 3 is 1.66 bits per heavy atom. The number of rotatable bonds is 3. The van der Waals surface area contributed by atoms with Crippen molar-refractivity contribution in [1.82, 2.24) is 9.13 Å². The fourth-order valence-electron chi connectivity index (χ4n) is 11.2. The molecule has 59 heavy (non-hydrogen) atoms. The van der Waals surface area contributed by atoms with Gasteiger partial charge in [0.15, 0.2) is 0 Å². The van der Waals surface area contributed by atoms with E-state index in [0.717, 1.165) is 11.4 Å². The van der Waals surface area contributed by atoms with Crippen molar-refractivity contribution in [1.29, 1.82) is 0 Å². The molecule has 9 aromatic carbocycles. The minimum absolute atomic E-state index is 0.0149. The summed E-state index contributed by atoms with van der Waals surface area (Å²) in [5.41, 5.74) is 17.5. The van der Waals surface area contributed by atoms with Gasteiger partial charge < -0.3 is 14.0 Å². The van der Waals surface area contributed by atoms with Crippen molar-refractivity contribution in [2.24, 2.45) is 0 Å². The fraction of sp³-hybridized carbons (Fsp3) is 0.0545. The highest BCUT2D eigenvalue weighted by Gasteiger charge is 2.48. The predicted octanol–water partition coefficient (Wildman–Crippen LogP) is 12.0. The molecule has 0 radical (unpaired) electrons. The largest absolute Gasteiger partial charge is 0.311 e. The first kappa shape index (κ1) is 32.8. The molecule has 4 heterocycles. The van der Waals surface area contributed by atoms with Crippen LogP contribution >= 0.6 is 0 Å². The van der Waals surface area contributed by atoms with Gasteiger partial charge in [0, 0.05) is 55.4 Å². The minimum Gasteiger partial charge on any atom is -0.311 e. The Labute approximate surface area is 343 Å². The molecule has 13 rings (SSSR count). The number of nitrogens with zero attached hydrogens (tertiary/aromatic N) is 3. The first-order chi connectivity index (χ1) is 29.1. The Hall–Kier alpha value is -7.30. The van der Waals surface area contributed by atoms with Crippen molar-refractivity contribution in [3.05, 3.63) is 205 Å². The molecule has 0 saturated heterocycles. The van der Waals surface area contributed by atoms with Crippen LogP contribution in [-0.2, 0) is 5.41 Å². The summed E-state index contributed by atoms with van der Waals surface area (Å²) in [5.74, 6) is 0. The van der Waals surface area contributed by atoms with Gasteiger partial charge in [0.1, 0.15) is 0 Å². The Morgan fingerprint density at radius 2 is 0.966 bits per heavy atom. The summed E-state index contributed by atoms with van der Waals surface area (Å²) in [4.78, 5) is 2.54. The van der Waals surface area contributed by atoms with Gasteiger partial charge in [0.25, 0.3) is 0 Å². The molecule has 0 N–H and O–H groups in total. The van der Waals surface area contributed by atoms with Crippen LogP contribution in [0.2, 0.25) is 0 Å². The molecular formula is C55H38BN3. The van der Waals surface area contributed by atoms with Gasteiger partial charge in [-0.15, -0.1) is 0 Å². The molecule has 0 unspecified atom stereocenters. The molecule has 0 saturated carbocycles. The standard InChI is InChI=1S/C55H38BN3/c1-55(2)43-29-18-32-47-53(43)56(52-40-27-13-12-26-39(40)50-41-28-15-17-31-46(41)59(54(50)51(52)55)37-23-10-5-11-24-37)44-33-42-38-25-14-16-30-45(38)57(35-19-6-3-7-20-35)48(42)34-49(44)58(47)36-21-8-4-9-22-36/h3-34H,1-2H3. The summed E-state index contributed by atoms with van der Waals surface area (Å²) in [7, 11) is 0. The summed E-state index contributed by atoms with van der Waals surface area (Å²) in [6, 6.07) is 72.1. The topological polar surface area (TPSA) is 13.1 Å². The molecule has 0 fully saturated rings. The van der Waals surface area contributed by atoms with Gasteiger partial charge in [-0.3, -0.25) is 0 Å². The van der Waals surface area contributed by atoms with Crippen LogP contribution in [0.4, 0.5) is 17.1 Å². The van der Waals surface area contributed by atoms with E-state index in [9.17, 15) is 0 Å². The van der Waals surface area contributed by atoms with Crippen LogP contribution in [0.15, 0.2) is 194 Å². The maximum absolute atomic E-state index is 2.56. The van der Waals surface area contributed by atoms with Gasteiger partial charge in [-0.2, -0.15) is 0 Å². The number of aromatic nitrogens is 2. The molecule has 0 bridgehead atoms. The Morgan fingerprint density at radius 1 is 0.407 bits per heavy atom. The molecule has 2 aliphatic heterocycles. The van der Waals surface area contributed by atoms with Gasteiger partial charge >= 0.3 is 0 Å². The van der Waals surface area contributed by atoms with E-state index in [1.165, 1.54) is 99.0 Å². The third-order valence-electron chi connectivity index (χ3n) is 13.5. The van der Waals surface area contributed by atoms with Crippen molar-refractivity contribution >= 4 is 94.5 Å². The molecule has 0 spiro atoms. The zero-order valence-corrected chi connectivity index (χ0v) is 32.9. The number of para-hydroxylation sites is 5. The lowest BCUT2D eigenvalue weighted by Gasteiger charge is -2.46. The van der Waals surface area contributed by atoms with Crippen molar-refractivity contribution < 1.29 is 0 Å². The first-order valence-corrected chi connectivity index (χ1v) is 20.7. The summed E-state index contributed by atoms with van der Waals surface area (Å²) >= 11 is 0. The molecule has 0 aliphatic carbocycles. The Bertz CT molecular complexity index is 3530. The van der Waals surface area contributed by atoms with E-state index in [4.69, 9.17) is 0 Å². The van der Waals surface area contributed by atoms with Gasteiger partial charge in [-0.05, 0) is 93.5 Å². The molecular weight excluding hydrogens is 713 g/mol. The third kappa shape index (κ3) is 4.28. The number of hydrogen-bond donors (Lipinski definition) is 0. The Balaban J connectivity index is 1.25. The highest BCUT2D eigenvalue weighted by Crippen LogP contribution is 2.49. The molecule has 0 amide bonds. The van der Waals surface area contributed by atoms with Crippen molar-refractivity contribution in [3.8, 4) is 11.4 Å². The van der Waals surface area contributed by atoms with Crippen LogP contribution in [0.1, 0.15) is 25.0 Å². The fourth-order valence-corrected chi connectivity index (χ4v) is 11.2. The van der Waals surface area contributed by atoms with E-state index in [-0.39, 0.29) is 12.1 Å². The molecule has 2 aliphatic rings. The van der Waals surface area contributed by atoms with E-state index in [1.807, 2.05) is 0 Å². The maximum Gasteiger partial charge on any atom is 0.248 e. The average Bonchev–Trinajstić information content (AvgIpc) is 3.80. The third-order valence-corrected chi connectivity index (χ3v) is 13.5. The van der Waals surface area contributed by atoms with Crippen molar-refractivity contribution in [2.45, 2.75) is 19.3 Å². The highest BCUT2D eigenvalue weighted by atomic mass is 15.2. The first-order valence-electron chi connectivity index (χ1n) is 20.7. The van der Waals surface area contributed by atoms with E-state index in [2.05, 4.69) is 222 Å². The molecule has 0 atom stereocenters.